The van der Waals surface area contributed by atoms with E-state index in [0.717, 1.165) is 0 Å². The molecule has 1 rings (SSSR count). The number of hydrogen-bond donors (Lipinski definition) is 0. The molecule has 0 saturated carbocycles. The van der Waals surface area contributed by atoms with Crippen molar-refractivity contribution in [1.82, 2.24) is 9.97 Å². The van der Waals surface area contributed by atoms with Gasteiger partial charge in [-0.15, -0.1) is 0 Å². The van der Waals surface area contributed by atoms with Crippen LogP contribution in [0.15, 0.2) is 25.6 Å². The third-order valence-electron chi connectivity index (χ3n) is 1.18. The second-order valence-corrected chi connectivity index (χ2v) is 1.90. The molecule has 11 heavy (non-hydrogen) atoms. The SMILES string of the molecule is C=Cc1nccnc1C(=C)F. The van der Waals surface area contributed by atoms with Crippen molar-refractivity contribution >= 4 is 11.9 Å². The highest BCUT2D eigenvalue weighted by atomic mass is 19.1. The zero-order valence-electron chi connectivity index (χ0n) is 5.92. The van der Waals surface area contributed by atoms with Crippen molar-refractivity contribution in [3.8, 4) is 0 Å². The summed E-state index contributed by atoms with van der Waals surface area (Å²) in [6.07, 6.45) is 4.32. The van der Waals surface area contributed by atoms with Gasteiger partial charge in [-0.3, -0.25) is 4.98 Å². The number of aromatic nitrogens is 2. The first-order valence-corrected chi connectivity index (χ1v) is 3.04. The van der Waals surface area contributed by atoms with Crippen LogP contribution >= 0.6 is 0 Å². The lowest BCUT2D eigenvalue weighted by atomic mass is 10.3. The number of halogens is 1. The maximum Gasteiger partial charge on any atom is 0.143 e. The van der Waals surface area contributed by atoms with Crippen molar-refractivity contribution in [3.05, 3.63) is 36.9 Å². The summed E-state index contributed by atoms with van der Waals surface area (Å²) < 4.78 is 12.5. The summed E-state index contributed by atoms with van der Waals surface area (Å²) in [4.78, 5) is 7.58. The van der Waals surface area contributed by atoms with Crippen LogP contribution in [0.25, 0.3) is 11.9 Å². The molecule has 1 aromatic heterocycles. The minimum absolute atomic E-state index is 0.155. The van der Waals surface area contributed by atoms with E-state index < -0.39 is 5.83 Å². The summed E-state index contributed by atoms with van der Waals surface area (Å²) in [5, 5.41) is 0. The quantitative estimate of drug-likeness (QED) is 0.644. The van der Waals surface area contributed by atoms with Crippen LogP contribution in [0.2, 0.25) is 0 Å². The Morgan fingerprint density at radius 1 is 1.45 bits per heavy atom. The van der Waals surface area contributed by atoms with Crippen LogP contribution in [0.1, 0.15) is 11.4 Å². The van der Waals surface area contributed by atoms with Gasteiger partial charge in [-0.1, -0.05) is 13.2 Å². The molecule has 0 fully saturated rings. The second-order valence-electron chi connectivity index (χ2n) is 1.90. The van der Waals surface area contributed by atoms with Crippen LogP contribution in [0, 0.1) is 0 Å². The van der Waals surface area contributed by atoms with Crippen LogP contribution in [0.4, 0.5) is 4.39 Å². The lowest BCUT2D eigenvalue weighted by Crippen LogP contribution is -1.91. The van der Waals surface area contributed by atoms with E-state index in [0.29, 0.717) is 5.69 Å². The van der Waals surface area contributed by atoms with E-state index in [9.17, 15) is 4.39 Å². The summed E-state index contributed by atoms with van der Waals surface area (Å²) >= 11 is 0. The first kappa shape index (κ1) is 7.60. The molecule has 0 amide bonds. The minimum Gasteiger partial charge on any atom is -0.253 e. The molecule has 0 saturated heterocycles. The third-order valence-corrected chi connectivity index (χ3v) is 1.18. The number of nitrogens with zero attached hydrogens (tertiary/aromatic N) is 2. The first-order valence-electron chi connectivity index (χ1n) is 3.04. The number of hydrogen-bond acceptors (Lipinski definition) is 2. The van der Waals surface area contributed by atoms with E-state index in [-0.39, 0.29) is 5.69 Å². The molecule has 0 N–H and O–H groups in total. The molecule has 2 nitrogen and oxygen atoms in total. The fourth-order valence-electron chi connectivity index (χ4n) is 0.707. The predicted molar refractivity (Wildman–Crippen MR) is 42.3 cm³/mol. The Bertz CT molecular complexity index is 294. The average molecular weight is 150 g/mol. The highest BCUT2D eigenvalue weighted by Crippen LogP contribution is 2.13. The summed E-state index contributed by atoms with van der Waals surface area (Å²) in [5.41, 5.74) is 0.572. The van der Waals surface area contributed by atoms with E-state index in [1.807, 2.05) is 0 Å². The van der Waals surface area contributed by atoms with Crippen molar-refractivity contribution in [2.45, 2.75) is 0 Å². The second kappa shape index (κ2) is 3.05. The van der Waals surface area contributed by atoms with Crippen LogP contribution in [-0.4, -0.2) is 9.97 Å². The smallest absolute Gasteiger partial charge is 0.143 e. The van der Waals surface area contributed by atoms with Gasteiger partial charge < -0.3 is 0 Å². The van der Waals surface area contributed by atoms with Gasteiger partial charge in [-0.2, -0.15) is 0 Å². The molecule has 0 aliphatic rings. The lowest BCUT2D eigenvalue weighted by molar-refractivity contribution is 0.753. The van der Waals surface area contributed by atoms with Crippen molar-refractivity contribution in [2.24, 2.45) is 0 Å². The van der Waals surface area contributed by atoms with Crippen molar-refractivity contribution in [1.29, 1.82) is 0 Å². The molecule has 0 radical (unpaired) electrons. The Balaban J connectivity index is 3.22. The van der Waals surface area contributed by atoms with Gasteiger partial charge in [-0.05, 0) is 6.08 Å². The maximum atomic E-state index is 12.5. The van der Waals surface area contributed by atoms with E-state index in [2.05, 4.69) is 23.1 Å². The fourth-order valence-corrected chi connectivity index (χ4v) is 0.707. The Hall–Kier alpha value is -1.51. The molecular formula is C8H7FN2. The summed E-state index contributed by atoms with van der Waals surface area (Å²) in [6.45, 7) is 6.58. The average Bonchev–Trinajstić information content (AvgIpc) is 2.04. The van der Waals surface area contributed by atoms with Crippen molar-refractivity contribution in [2.75, 3.05) is 0 Å². The van der Waals surface area contributed by atoms with Gasteiger partial charge in [0.05, 0.1) is 5.69 Å². The van der Waals surface area contributed by atoms with Gasteiger partial charge in [0.15, 0.2) is 0 Å². The van der Waals surface area contributed by atoms with E-state index >= 15 is 0 Å². The summed E-state index contributed by atoms with van der Waals surface area (Å²) in [6, 6.07) is 0. The minimum atomic E-state index is -0.590. The molecule has 0 bridgehead atoms. The van der Waals surface area contributed by atoms with Crippen LogP contribution in [0.5, 0.6) is 0 Å². The normalized spacial score (nSPS) is 9.18. The first-order chi connectivity index (χ1) is 5.25. The molecule has 3 heteroatoms. The molecule has 56 valence electrons. The molecule has 0 atom stereocenters. The van der Waals surface area contributed by atoms with Gasteiger partial charge in [0.25, 0.3) is 0 Å². The highest BCUT2D eigenvalue weighted by molar-refractivity contribution is 5.62. The molecule has 0 unspecified atom stereocenters. The Kier molecular flexibility index (Phi) is 2.11. The van der Waals surface area contributed by atoms with Gasteiger partial charge in [0, 0.05) is 12.4 Å². The van der Waals surface area contributed by atoms with Crippen LogP contribution in [0.3, 0.4) is 0 Å². The molecule has 0 spiro atoms. The van der Waals surface area contributed by atoms with Crippen LogP contribution < -0.4 is 0 Å². The van der Waals surface area contributed by atoms with Gasteiger partial charge in [0.2, 0.25) is 0 Å². The number of rotatable bonds is 2. The summed E-state index contributed by atoms with van der Waals surface area (Å²) in [5.74, 6) is -0.590. The molecular weight excluding hydrogens is 143 g/mol. The molecule has 0 aliphatic heterocycles. The molecule has 0 aliphatic carbocycles. The van der Waals surface area contributed by atoms with Crippen LogP contribution in [-0.2, 0) is 0 Å². The van der Waals surface area contributed by atoms with Crippen molar-refractivity contribution < 1.29 is 4.39 Å². The zero-order valence-corrected chi connectivity index (χ0v) is 5.92. The monoisotopic (exact) mass is 150 g/mol. The van der Waals surface area contributed by atoms with Gasteiger partial charge in [-0.25, -0.2) is 9.37 Å². The largest absolute Gasteiger partial charge is 0.253 e. The van der Waals surface area contributed by atoms with E-state index in [1.54, 1.807) is 0 Å². The third kappa shape index (κ3) is 1.49. The Morgan fingerprint density at radius 2 is 2.09 bits per heavy atom. The molecule has 1 aromatic rings. The van der Waals surface area contributed by atoms with Gasteiger partial charge >= 0.3 is 0 Å². The Labute approximate surface area is 64.1 Å². The molecule has 0 aromatic carbocycles. The summed E-state index contributed by atoms with van der Waals surface area (Å²) in [7, 11) is 0. The van der Waals surface area contributed by atoms with Crippen molar-refractivity contribution in [3.63, 3.8) is 0 Å². The highest BCUT2D eigenvalue weighted by Gasteiger charge is 2.03. The zero-order chi connectivity index (χ0) is 8.27. The fraction of sp³-hybridized carbons (Fsp3) is 0. The predicted octanol–water partition coefficient (Wildman–Crippen LogP) is 2.06. The van der Waals surface area contributed by atoms with E-state index in [1.165, 1.54) is 18.5 Å². The maximum absolute atomic E-state index is 12.5. The standard InChI is InChI=1S/C8H7FN2/c1-3-7-8(6(2)9)11-5-4-10-7/h3-5H,1-2H2. The lowest BCUT2D eigenvalue weighted by Gasteiger charge is -1.97. The topological polar surface area (TPSA) is 25.8 Å². The van der Waals surface area contributed by atoms with Gasteiger partial charge in [0.1, 0.15) is 11.5 Å². The Morgan fingerprint density at radius 3 is 2.55 bits per heavy atom. The molecule has 1 heterocycles. The van der Waals surface area contributed by atoms with E-state index in [4.69, 9.17) is 0 Å².